The maximum Gasteiger partial charge on any atom is 0.123 e. The van der Waals surface area contributed by atoms with E-state index in [2.05, 4.69) is 35.0 Å². The van der Waals surface area contributed by atoms with Gasteiger partial charge in [-0.05, 0) is 37.3 Å². The smallest absolute Gasteiger partial charge is 0.123 e. The van der Waals surface area contributed by atoms with Gasteiger partial charge in [-0.2, -0.15) is 0 Å². The van der Waals surface area contributed by atoms with Crippen LogP contribution in [0.5, 0.6) is 0 Å². The van der Waals surface area contributed by atoms with Gasteiger partial charge in [-0.3, -0.25) is 0 Å². The molecule has 0 radical (unpaired) electrons. The molecule has 1 saturated carbocycles. The van der Waals surface area contributed by atoms with Gasteiger partial charge in [-0.25, -0.2) is 4.98 Å². The van der Waals surface area contributed by atoms with Gasteiger partial charge >= 0.3 is 0 Å². The molecule has 1 aromatic heterocycles. The largest absolute Gasteiger partial charge is 0.392 e. The summed E-state index contributed by atoms with van der Waals surface area (Å²) in [6, 6.07) is 8.30. The van der Waals surface area contributed by atoms with Crippen molar-refractivity contribution in [1.82, 2.24) is 14.9 Å². The van der Waals surface area contributed by atoms with Crippen molar-refractivity contribution in [2.45, 2.75) is 58.2 Å². The first-order valence-electron chi connectivity index (χ1n) is 8.62. The molecule has 1 unspecified atom stereocenters. The lowest BCUT2D eigenvalue weighted by atomic mass is 10.0. The molecule has 0 amide bonds. The summed E-state index contributed by atoms with van der Waals surface area (Å²) in [6.45, 7) is 4.57. The third kappa shape index (κ3) is 3.33. The summed E-state index contributed by atoms with van der Waals surface area (Å²) >= 11 is 0. The first-order chi connectivity index (χ1) is 10.8. The number of aliphatic hydroxyl groups excluding tert-OH is 1. The van der Waals surface area contributed by atoms with Crippen LogP contribution in [-0.4, -0.2) is 27.3 Å². The summed E-state index contributed by atoms with van der Waals surface area (Å²) in [6.07, 6.45) is 5.78. The quantitative estimate of drug-likeness (QED) is 0.826. The molecule has 1 aromatic carbocycles. The Morgan fingerprint density at radius 3 is 2.86 bits per heavy atom. The number of hydrogen-bond donors (Lipinski definition) is 2. The number of nitrogens with one attached hydrogen (secondary N) is 1. The number of aliphatic hydroxyl groups is 1. The van der Waals surface area contributed by atoms with E-state index in [0.29, 0.717) is 12.5 Å². The van der Waals surface area contributed by atoms with E-state index in [4.69, 9.17) is 4.98 Å². The fourth-order valence-corrected chi connectivity index (χ4v) is 3.57. The highest BCUT2D eigenvalue weighted by molar-refractivity contribution is 5.75. The van der Waals surface area contributed by atoms with Gasteiger partial charge in [-0.1, -0.05) is 31.9 Å². The van der Waals surface area contributed by atoms with Crippen LogP contribution in [0.15, 0.2) is 24.3 Å². The maximum absolute atomic E-state index is 10.2. The molecule has 1 fully saturated rings. The third-order valence-corrected chi connectivity index (χ3v) is 4.76. The van der Waals surface area contributed by atoms with Crippen molar-refractivity contribution < 1.29 is 5.11 Å². The van der Waals surface area contributed by atoms with Crippen LogP contribution in [0.25, 0.3) is 11.0 Å². The molecule has 4 nitrogen and oxygen atoms in total. The van der Waals surface area contributed by atoms with Crippen molar-refractivity contribution in [3.05, 3.63) is 30.1 Å². The van der Waals surface area contributed by atoms with Crippen molar-refractivity contribution in [1.29, 1.82) is 0 Å². The van der Waals surface area contributed by atoms with Gasteiger partial charge in [-0.15, -0.1) is 0 Å². The van der Waals surface area contributed by atoms with Crippen LogP contribution in [0.3, 0.4) is 0 Å². The van der Waals surface area contributed by atoms with E-state index in [-0.39, 0.29) is 6.10 Å². The third-order valence-electron chi connectivity index (χ3n) is 4.76. The van der Waals surface area contributed by atoms with Crippen LogP contribution in [0.2, 0.25) is 0 Å². The molecule has 3 rings (SSSR count). The lowest BCUT2D eigenvalue weighted by molar-refractivity contribution is 0.109. The molecule has 1 aliphatic carbocycles. The van der Waals surface area contributed by atoms with Crippen molar-refractivity contribution in [2.24, 2.45) is 5.92 Å². The monoisotopic (exact) mass is 301 g/mol. The van der Waals surface area contributed by atoms with E-state index < -0.39 is 0 Å². The molecule has 2 N–H and O–H groups in total. The maximum atomic E-state index is 10.2. The Kier molecular flexibility index (Phi) is 5.11. The zero-order valence-electron chi connectivity index (χ0n) is 13.5. The fraction of sp³-hybridized carbons (Fsp3) is 0.611. The number of aromatic nitrogens is 2. The van der Waals surface area contributed by atoms with E-state index >= 15 is 0 Å². The summed E-state index contributed by atoms with van der Waals surface area (Å²) < 4.78 is 2.30. The van der Waals surface area contributed by atoms with Crippen LogP contribution in [-0.2, 0) is 13.1 Å². The number of imidazole rings is 1. The van der Waals surface area contributed by atoms with Crippen LogP contribution in [0.4, 0.5) is 0 Å². The summed E-state index contributed by atoms with van der Waals surface area (Å²) in [5, 5.41) is 13.7. The molecule has 22 heavy (non-hydrogen) atoms. The zero-order valence-corrected chi connectivity index (χ0v) is 13.5. The second kappa shape index (κ2) is 7.25. The van der Waals surface area contributed by atoms with Crippen molar-refractivity contribution in [3.63, 3.8) is 0 Å². The van der Waals surface area contributed by atoms with Gasteiger partial charge in [0.1, 0.15) is 5.82 Å². The minimum atomic E-state index is -0.216. The van der Waals surface area contributed by atoms with Gasteiger partial charge in [0, 0.05) is 13.1 Å². The van der Waals surface area contributed by atoms with Crippen molar-refractivity contribution in [2.75, 3.05) is 6.54 Å². The van der Waals surface area contributed by atoms with Gasteiger partial charge < -0.3 is 15.0 Å². The highest BCUT2D eigenvalue weighted by Crippen LogP contribution is 2.27. The minimum absolute atomic E-state index is 0.216. The van der Waals surface area contributed by atoms with Crippen molar-refractivity contribution >= 4 is 11.0 Å². The second-order valence-electron chi connectivity index (χ2n) is 6.41. The summed E-state index contributed by atoms with van der Waals surface area (Å²) in [7, 11) is 0. The number of aryl methyl sites for hydroxylation is 1. The normalized spacial score (nSPS) is 17.4. The molecule has 1 heterocycles. The summed E-state index contributed by atoms with van der Waals surface area (Å²) in [5.74, 6) is 1.56. The van der Waals surface area contributed by atoms with E-state index in [1.807, 2.05) is 6.07 Å². The molecule has 0 spiro atoms. The van der Waals surface area contributed by atoms with E-state index in [1.165, 1.54) is 31.2 Å². The predicted molar refractivity (Wildman–Crippen MR) is 89.7 cm³/mol. The summed E-state index contributed by atoms with van der Waals surface area (Å²) in [5.41, 5.74) is 2.27. The molecule has 1 atom stereocenters. The Morgan fingerprint density at radius 1 is 1.32 bits per heavy atom. The number of benzene rings is 1. The summed E-state index contributed by atoms with van der Waals surface area (Å²) in [4.78, 5) is 4.74. The Hall–Kier alpha value is -1.39. The standard InChI is InChI=1S/C18H27N3O/c1-2-11-21-16-10-6-5-9-15(16)20-18(21)13-19-12-17(22)14-7-3-4-8-14/h5-6,9-10,14,17,19,22H,2-4,7-8,11-13H2,1H3. The highest BCUT2D eigenvalue weighted by atomic mass is 16.3. The Morgan fingerprint density at radius 2 is 2.09 bits per heavy atom. The minimum Gasteiger partial charge on any atom is -0.392 e. The Labute approximate surface area is 132 Å². The SMILES string of the molecule is CCCn1c(CNCC(O)C2CCCC2)nc2ccccc21. The number of para-hydroxylation sites is 2. The molecule has 120 valence electrons. The average Bonchev–Trinajstić information content (AvgIpc) is 3.16. The zero-order chi connectivity index (χ0) is 15.4. The highest BCUT2D eigenvalue weighted by Gasteiger charge is 2.22. The van der Waals surface area contributed by atoms with Gasteiger partial charge in [0.05, 0.1) is 23.7 Å². The van der Waals surface area contributed by atoms with Gasteiger partial charge in [0.2, 0.25) is 0 Å². The lowest BCUT2D eigenvalue weighted by Gasteiger charge is -2.18. The molecule has 0 bridgehead atoms. The van der Waals surface area contributed by atoms with Crippen LogP contribution in [0, 0.1) is 5.92 Å². The van der Waals surface area contributed by atoms with Crippen LogP contribution in [0.1, 0.15) is 44.9 Å². The van der Waals surface area contributed by atoms with Crippen molar-refractivity contribution in [3.8, 4) is 0 Å². The van der Waals surface area contributed by atoms with Gasteiger partial charge in [0.15, 0.2) is 0 Å². The molecular formula is C18H27N3O. The Bertz CT molecular complexity index is 601. The first-order valence-corrected chi connectivity index (χ1v) is 8.62. The average molecular weight is 301 g/mol. The van der Waals surface area contributed by atoms with E-state index in [1.54, 1.807) is 0 Å². The molecule has 0 saturated heterocycles. The number of hydrogen-bond acceptors (Lipinski definition) is 3. The molecular weight excluding hydrogens is 274 g/mol. The van der Waals surface area contributed by atoms with Gasteiger partial charge in [0.25, 0.3) is 0 Å². The molecule has 1 aliphatic rings. The van der Waals surface area contributed by atoms with E-state index in [9.17, 15) is 5.11 Å². The van der Waals surface area contributed by atoms with E-state index in [0.717, 1.165) is 30.9 Å². The number of fused-ring (bicyclic) bond motifs is 1. The fourth-order valence-electron chi connectivity index (χ4n) is 3.57. The molecule has 0 aliphatic heterocycles. The first kappa shape index (κ1) is 15.5. The molecule has 2 aromatic rings. The van der Waals surface area contributed by atoms with Crippen LogP contribution >= 0.6 is 0 Å². The second-order valence-corrected chi connectivity index (χ2v) is 6.41. The number of rotatable bonds is 7. The number of nitrogens with zero attached hydrogens (tertiary/aromatic N) is 2. The lowest BCUT2D eigenvalue weighted by Crippen LogP contribution is -2.32. The predicted octanol–water partition coefficient (Wildman–Crippen LogP) is 3.09. The molecule has 4 heteroatoms. The van der Waals surface area contributed by atoms with Crippen LogP contribution < -0.4 is 5.32 Å². The topological polar surface area (TPSA) is 50.1 Å². The Balaban J connectivity index is 1.64.